The van der Waals surface area contributed by atoms with E-state index in [1.165, 1.54) is 5.56 Å². The molecule has 0 bridgehead atoms. The number of aryl methyl sites for hydroxylation is 2. The van der Waals surface area contributed by atoms with E-state index in [2.05, 4.69) is 22.4 Å². The summed E-state index contributed by atoms with van der Waals surface area (Å²) in [4.78, 5) is 14.7. The summed E-state index contributed by atoms with van der Waals surface area (Å²) in [7, 11) is 0. The van der Waals surface area contributed by atoms with Crippen LogP contribution in [0.5, 0.6) is 0 Å². The normalized spacial score (nSPS) is 10.3. The van der Waals surface area contributed by atoms with E-state index in [-0.39, 0.29) is 5.91 Å². The molecule has 2 rings (SSSR count). The van der Waals surface area contributed by atoms with Gasteiger partial charge in [0.15, 0.2) is 0 Å². The molecule has 3 heteroatoms. The van der Waals surface area contributed by atoms with E-state index < -0.39 is 0 Å². The Labute approximate surface area is 114 Å². The number of hydrogen-bond acceptors (Lipinski definition) is 1. The predicted octanol–water partition coefficient (Wildman–Crippen LogP) is 2.70. The number of amides is 1. The van der Waals surface area contributed by atoms with Crippen molar-refractivity contribution >= 4 is 5.91 Å². The molecule has 3 nitrogen and oxygen atoms in total. The molecule has 0 spiro atoms. The fourth-order valence-corrected chi connectivity index (χ4v) is 2.02. The summed E-state index contributed by atoms with van der Waals surface area (Å²) in [5.41, 5.74) is 2.43. The fourth-order valence-electron chi connectivity index (χ4n) is 2.02. The van der Waals surface area contributed by atoms with Gasteiger partial charge in [0.25, 0.3) is 0 Å². The Kier molecular flexibility index (Phi) is 5.23. The smallest absolute Gasteiger partial charge is 0.220 e. The van der Waals surface area contributed by atoms with Gasteiger partial charge in [0, 0.05) is 24.9 Å². The molecular weight excluding hydrogens is 236 g/mol. The third-order valence-electron chi connectivity index (χ3n) is 3.09. The fraction of sp³-hybridized carbons (Fsp3) is 0.312. The van der Waals surface area contributed by atoms with Crippen molar-refractivity contribution in [3.63, 3.8) is 0 Å². The minimum absolute atomic E-state index is 0.127. The summed E-state index contributed by atoms with van der Waals surface area (Å²) in [6.45, 7) is 0.748. The molecule has 0 aliphatic heterocycles. The van der Waals surface area contributed by atoms with Crippen LogP contribution in [-0.4, -0.2) is 17.4 Å². The van der Waals surface area contributed by atoms with Gasteiger partial charge in [-0.25, -0.2) is 0 Å². The molecule has 0 radical (unpaired) electrons. The Hall–Kier alpha value is -2.03. The first-order chi connectivity index (χ1) is 9.34. The first-order valence-corrected chi connectivity index (χ1v) is 6.77. The molecule has 0 saturated carbocycles. The zero-order valence-electron chi connectivity index (χ0n) is 11.1. The van der Waals surface area contributed by atoms with Crippen molar-refractivity contribution in [3.05, 3.63) is 59.9 Å². The third-order valence-corrected chi connectivity index (χ3v) is 3.09. The van der Waals surface area contributed by atoms with Crippen molar-refractivity contribution in [2.45, 2.75) is 25.7 Å². The van der Waals surface area contributed by atoms with Crippen LogP contribution in [0.2, 0.25) is 0 Å². The average molecular weight is 256 g/mol. The van der Waals surface area contributed by atoms with Crippen LogP contribution in [0.3, 0.4) is 0 Å². The minimum Gasteiger partial charge on any atom is -0.365 e. The number of nitrogens with one attached hydrogen (secondary N) is 2. The molecule has 0 unspecified atom stereocenters. The van der Waals surface area contributed by atoms with Crippen molar-refractivity contribution < 1.29 is 4.79 Å². The molecule has 2 aromatic rings. The first-order valence-electron chi connectivity index (χ1n) is 6.77. The van der Waals surface area contributed by atoms with Crippen LogP contribution in [0.4, 0.5) is 0 Å². The highest BCUT2D eigenvalue weighted by atomic mass is 16.1. The second-order valence-electron chi connectivity index (χ2n) is 4.63. The number of carbonyl (C=O) groups is 1. The number of carbonyl (C=O) groups excluding carboxylic acids is 1. The Morgan fingerprint density at radius 3 is 2.63 bits per heavy atom. The SMILES string of the molecule is O=C(CCc1ccc[nH]1)NCCCc1ccccc1. The van der Waals surface area contributed by atoms with E-state index in [0.717, 1.165) is 31.5 Å². The van der Waals surface area contributed by atoms with E-state index >= 15 is 0 Å². The Morgan fingerprint density at radius 1 is 1.05 bits per heavy atom. The van der Waals surface area contributed by atoms with Gasteiger partial charge in [0.05, 0.1) is 0 Å². The van der Waals surface area contributed by atoms with Gasteiger partial charge in [-0.2, -0.15) is 0 Å². The molecule has 0 fully saturated rings. The van der Waals surface area contributed by atoms with Gasteiger partial charge in [-0.15, -0.1) is 0 Å². The average Bonchev–Trinajstić information content (AvgIpc) is 2.96. The summed E-state index contributed by atoms with van der Waals surface area (Å²) in [5.74, 6) is 0.127. The van der Waals surface area contributed by atoms with Crippen molar-refractivity contribution in [2.24, 2.45) is 0 Å². The molecular formula is C16H20N2O. The van der Waals surface area contributed by atoms with Crippen LogP contribution in [0, 0.1) is 0 Å². The van der Waals surface area contributed by atoms with Crippen molar-refractivity contribution in [1.82, 2.24) is 10.3 Å². The maximum Gasteiger partial charge on any atom is 0.220 e. The molecule has 0 atom stereocenters. The quantitative estimate of drug-likeness (QED) is 0.735. The molecule has 19 heavy (non-hydrogen) atoms. The van der Waals surface area contributed by atoms with E-state index in [9.17, 15) is 4.79 Å². The van der Waals surface area contributed by atoms with Gasteiger partial charge in [0.2, 0.25) is 5.91 Å². The maximum atomic E-state index is 11.6. The van der Waals surface area contributed by atoms with Crippen molar-refractivity contribution in [3.8, 4) is 0 Å². The van der Waals surface area contributed by atoms with E-state index in [0.29, 0.717) is 6.42 Å². The summed E-state index contributed by atoms with van der Waals surface area (Å²) in [6.07, 6.45) is 5.20. The molecule has 100 valence electrons. The van der Waals surface area contributed by atoms with Gasteiger partial charge in [-0.1, -0.05) is 30.3 Å². The van der Waals surface area contributed by atoms with Crippen LogP contribution < -0.4 is 5.32 Å². The van der Waals surface area contributed by atoms with Gasteiger partial charge >= 0.3 is 0 Å². The Bertz CT molecular complexity index is 477. The monoisotopic (exact) mass is 256 g/mol. The highest BCUT2D eigenvalue weighted by molar-refractivity contribution is 5.76. The highest BCUT2D eigenvalue weighted by Crippen LogP contribution is 2.02. The number of rotatable bonds is 7. The first kappa shape index (κ1) is 13.4. The van der Waals surface area contributed by atoms with Crippen LogP contribution in [0.25, 0.3) is 0 Å². The molecule has 1 heterocycles. The van der Waals surface area contributed by atoms with E-state index in [4.69, 9.17) is 0 Å². The zero-order chi connectivity index (χ0) is 13.3. The van der Waals surface area contributed by atoms with Crippen LogP contribution in [0.1, 0.15) is 24.1 Å². The lowest BCUT2D eigenvalue weighted by Gasteiger charge is -2.05. The van der Waals surface area contributed by atoms with Crippen LogP contribution in [0.15, 0.2) is 48.7 Å². The van der Waals surface area contributed by atoms with Crippen LogP contribution >= 0.6 is 0 Å². The lowest BCUT2D eigenvalue weighted by atomic mass is 10.1. The number of hydrogen-bond donors (Lipinski definition) is 2. The van der Waals surface area contributed by atoms with Gasteiger partial charge < -0.3 is 10.3 Å². The molecule has 1 aromatic carbocycles. The molecule has 0 saturated heterocycles. The van der Waals surface area contributed by atoms with E-state index in [1.54, 1.807) is 0 Å². The van der Waals surface area contributed by atoms with Gasteiger partial charge in [-0.05, 0) is 37.0 Å². The van der Waals surface area contributed by atoms with E-state index in [1.807, 2.05) is 36.5 Å². The number of benzene rings is 1. The second-order valence-corrected chi connectivity index (χ2v) is 4.63. The Balaban J connectivity index is 1.57. The summed E-state index contributed by atoms with van der Waals surface area (Å²) in [5, 5.41) is 2.96. The maximum absolute atomic E-state index is 11.6. The zero-order valence-corrected chi connectivity index (χ0v) is 11.1. The van der Waals surface area contributed by atoms with Crippen LogP contribution in [-0.2, 0) is 17.6 Å². The lowest BCUT2D eigenvalue weighted by molar-refractivity contribution is -0.121. The molecule has 1 aromatic heterocycles. The van der Waals surface area contributed by atoms with Crippen molar-refractivity contribution in [2.75, 3.05) is 6.54 Å². The molecule has 0 aliphatic carbocycles. The minimum atomic E-state index is 0.127. The number of aromatic nitrogens is 1. The molecule has 0 aliphatic rings. The third kappa shape index (κ3) is 5.00. The standard InChI is InChI=1S/C16H20N2O/c19-16(11-10-15-9-5-12-17-15)18-13-4-8-14-6-2-1-3-7-14/h1-3,5-7,9,12,17H,4,8,10-11,13H2,(H,18,19). The lowest BCUT2D eigenvalue weighted by Crippen LogP contribution is -2.25. The summed E-state index contributed by atoms with van der Waals surface area (Å²) in [6, 6.07) is 14.3. The summed E-state index contributed by atoms with van der Waals surface area (Å²) >= 11 is 0. The largest absolute Gasteiger partial charge is 0.365 e. The number of H-pyrrole nitrogens is 1. The topological polar surface area (TPSA) is 44.9 Å². The van der Waals surface area contributed by atoms with Gasteiger partial charge in [0.1, 0.15) is 0 Å². The molecule has 2 N–H and O–H groups in total. The Morgan fingerprint density at radius 2 is 1.89 bits per heavy atom. The molecule has 1 amide bonds. The van der Waals surface area contributed by atoms with Crippen molar-refractivity contribution in [1.29, 1.82) is 0 Å². The summed E-state index contributed by atoms with van der Waals surface area (Å²) < 4.78 is 0. The predicted molar refractivity (Wildman–Crippen MR) is 76.9 cm³/mol. The number of aromatic amines is 1. The second kappa shape index (κ2) is 7.41. The highest BCUT2D eigenvalue weighted by Gasteiger charge is 2.02. The van der Waals surface area contributed by atoms with Gasteiger partial charge in [-0.3, -0.25) is 4.79 Å².